The number of carbonyl (C=O) groups is 2. The Balaban J connectivity index is 2.67. The van der Waals surface area contributed by atoms with Gasteiger partial charge in [-0.3, -0.25) is 0 Å². The van der Waals surface area contributed by atoms with Crippen LogP contribution in [-0.2, 0) is 9.59 Å². The molecule has 0 bridgehead atoms. The molecule has 0 aliphatic heterocycles. The average molecular weight is 174 g/mol. The first-order valence-electron chi connectivity index (χ1n) is 4.14. The Bertz CT molecular complexity index is 177. The standard InChI is InChI=1S/C8H12O4/c9-7(10)5-3-1-2-4-6(5)8(11)12/h5-6H,1-4H2,(H,9,10)(H,11,12)/p+2. The summed E-state index contributed by atoms with van der Waals surface area (Å²) in [5, 5.41) is 13.8. The van der Waals surface area contributed by atoms with Gasteiger partial charge in [-0.05, 0) is 12.8 Å². The van der Waals surface area contributed by atoms with E-state index in [1.807, 2.05) is 0 Å². The van der Waals surface area contributed by atoms with E-state index in [1.165, 1.54) is 0 Å². The molecule has 12 heavy (non-hydrogen) atoms. The quantitative estimate of drug-likeness (QED) is 0.518. The van der Waals surface area contributed by atoms with Gasteiger partial charge in [-0.15, -0.1) is 0 Å². The van der Waals surface area contributed by atoms with Crippen LogP contribution in [0.4, 0.5) is 0 Å². The summed E-state index contributed by atoms with van der Waals surface area (Å²) in [7, 11) is 0. The van der Waals surface area contributed by atoms with Crippen molar-refractivity contribution in [2.45, 2.75) is 25.7 Å². The molecule has 2 unspecified atom stereocenters. The van der Waals surface area contributed by atoms with Gasteiger partial charge in [0.25, 0.3) is 0 Å². The number of rotatable bonds is 2. The molecular weight excluding hydrogens is 160 g/mol. The van der Waals surface area contributed by atoms with Gasteiger partial charge in [-0.1, -0.05) is 12.8 Å². The lowest BCUT2D eigenvalue weighted by atomic mass is 9.79. The molecule has 0 aromatic heterocycles. The fraction of sp³-hybridized carbons (Fsp3) is 0.750. The number of carbonyl (C=O) groups excluding carboxylic acids is 2. The fourth-order valence-electron chi connectivity index (χ4n) is 1.76. The fourth-order valence-corrected chi connectivity index (χ4v) is 1.76. The van der Waals surface area contributed by atoms with Crippen molar-refractivity contribution in [1.82, 2.24) is 0 Å². The van der Waals surface area contributed by atoms with Gasteiger partial charge in [-0.2, -0.15) is 0 Å². The summed E-state index contributed by atoms with van der Waals surface area (Å²) in [5.74, 6) is -2.35. The van der Waals surface area contributed by atoms with E-state index in [2.05, 4.69) is 0 Å². The van der Waals surface area contributed by atoms with Gasteiger partial charge in [-0.25, -0.2) is 0 Å². The lowest BCUT2D eigenvalue weighted by Gasteiger charge is -2.19. The largest absolute Gasteiger partial charge is 0.565 e. The molecule has 2 atom stereocenters. The molecule has 1 aliphatic carbocycles. The maximum absolute atomic E-state index is 10.7. The van der Waals surface area contributed by atoms with Crippen molar-refractivity contribution >= 4 is 11.9 Å². The van der Waals surface area contributed by atoms with Crippen molar-refractivity contribution < 1.29 is 19.8 Å². The molecule has 4 nitrogen and oxygen atoms in total. The summed E-state index contributed by atoms with van der Waals surface area (Å²) in [6.45, 7) is 0. The van der Waals surface area contributed by atoms with Gasteiger partial charge >= 0.3 is 11.9 Å². The SMILES string of the molecule is O=C([OH2+])C1CCCCC1C(=O)[OH2+]. The lowest BCUT2D eigenvalue weighted by Crippen LogP contribution is -2.32. The van der Waals surface area contributed by atoms with Crippen molar-refractivity contribution in [2.24, 2.45) is 11.8 Å². The third kappa shape index (κ3) is 1.75. The van der Waals surface area contributed by atoms with Gasteiger partial charge in [0.2, 0.25) is 0 Å². The van der Waals surface area contributed by atoms with Gasteiger partial charge in [0.1, 0.15) is 11.8 Å². The average Bonchev–Trinajstić information content (AvgIpc) is 2.04. The molecule has 0 aromatic carbocycles. The lowest BCUT2D eigenvalue weighted by molar-refractivity contribution is -0.155. The molecule has 0 aromatic rings. The van der Waals surface area contributed by atoms with E-state index in [0.29, 0.717) is 12.8 Å². The number of hydrogen-bond donors (Lipinski definition) is 0. The topological polar surface area (TPSA) is 79.9 Å². The van der Waals surface area contributed by atoms with E-state index in [0.717, 1.165) is 12.8 Å². The van der Waals surface area contributed by atoms with Crippen LogP contribution in [0, 0.1) is 11.8 Å². The highest BCUT2D eigenvalue weighted by molar-refractivity contribution is 5.80. The summed E-state index contributed by atoms with van der Waals surface area (Å²) in [5.41, 5.74) is 0. The van der Waals surface area contributed by atoms with Gasteiger partial charge in [0.05, 0.1) is 0 Å². The first kappa shape index (κ1) is 9.03. The zero-order valence-electron chi connectivity index (χ0n) is 6.80. The van der Waals surface area contributed by atoms with Gasteiger partial charge < -0.3 is 10.2 Å². The predicted molar refractivity (Wildman–Crippen MR) is 42.7 cm³/mol. The minimum atomic E-state index is -0.680. The van der Waals surface area contributed by atoms with Crippen LogP contribution in [0.5, 0.6) is 0 Å². The van der Waals surface area contributed by atoms with E-state index >= 15 is 0 Å². The maximum Gasteiger partial charge on any atom is 0.520 e. The van der Waals surface area contributed by atoms with E-state index in [-0.39, 0.29) is 0 Å². The Morgan fingerprint density at radius 2 is 1.25 bits per heavy atom. The summed E-state index contributed by atoms with van der Waals surface area (Å²) < 4.78 is 0. The van der Waals surface area contributed by atoms with Crippen LogP contribution in [0.25, 0.3) is 0 Å². The molecule has 1 aliphatic rings. The molecule has 68 valence electrons. The van der Waals surface area contributed by atoms with Crippen LogP contribution in [0.2, 0.25) is 0 Å². The van der Waals surface area contributed by atoms with Crippen molar-refractivity contribution in [3.63, 3.8) is 0 Å². The maximum atomic E-state index is 10.7. The Morgan fingerprint density at radius 1 is 0.917 bits per heavy atom. The monoisotopic (exact) mass is 174 g/mol. The minimum absolute atomic E-state index is 0.497. The highest BCUT2D eigenvalue weighted by Gasteiger charge is 2.43. The Kier molecular flexibility index (Phi) is 2.68. The zero-order chi connectivity index (χ0) is 9.14. The molecule has 1 fully saturated rings. The molecule has 0 radical (unpaired) electrons. The third-order valence-corrected chi connectivity index (χ3v) is 2.44. The molecule has 1 rings (SSSR count). The normalized spacial score (nSPS) is 29.7. The van der Waals surface area contributed by atoms with Crippen molar-refractivity contribution in [1.29, 1.82) is 0 Å². The zero-order valence-corrected chi connectivity index (χ0v) is 6.80. The molecule has 0 spiro atoms. The van der Waals surface area contributed by atoms with Crippen LogP contribution >= 0.6 is 0 Å². The Hall–Kier alpha value is -1.06. The summed E-state index contributed by atoms with van der Waals surface area (Å²) in [6.07, 6.45) is 3.02. The van der Waals surface area contributed by atoms with Crippen LogP contribution < -0.4 is 0 Å². The molecule has 0 amide bonds. The number of hydrogen-bond acceptors (Lipinski definition) is 2. The van der Waals surface area contributed by atoms with E-state index in [1.54, 1.807) is 0 Å². The van der Waals surface area contributed by atoms with E-state index in [9.17, 15) is 9.59 Å². The first-order chi connectivity index (χ1) is 5.63. The van der Waals surface area contributed by atoms with Crippen molar-refractivity contribution in [2.75, 3.05) is 0 Å². The van der Waals surface area contributed by atoms with Gasteiger partial charge in [0, 0.05) is 9.59 Å². The Labute approximate surface area is 70.2 Å². The smallest absolute Gasteiger partial charge is 0.520 e. The predicted octanol–water partition coefficient (Wildman–Crippen LogP) is -0.705. The second-order valence-corrected chi connectivity index (χ2v) is 3.23. The summed E-state index contributed by atoms with van der Waals surface area (Å²) in [4.78, 5) is 21.5. The molecule has 0 heterocycles. The Morgan fingerprint density at radius 3 is 1.50 bits per heavy atom. The van der Waals surface area contributed by atoms with E-state index in [4.69, 9.17) is 10.2 Å². The molecule has 1 saturated carbocycles. The second kappa shape index (κ2) is 3.56. The van der Waals surface area contributed by atoms with Crippen LogP contribution in [0.15, 0.2) is 0 Å². The van der Waals surface area contributed by atoms with Crippen molar-refractivity contribution in [3.05, 3.63) is 0 Å². The van der Waals surface area contributed by atoms with Crippen LogP contribution in [0.1, 0.15) is 25.7 Å². The van der Waals surface area contributed by atoms with Crippen molar-refractivity contribution in [3.8, 4) is 0 Å². The summed E-state index contributed by atoms with van der Waals surface area (Å²) >= 11 is 0. The third-order valence-electron chi connectivity index (χ3n) is 2.44. The van der Waals surface area contributed by atoms with Crippen LogP contribution in [-0.4, -0.2) is 22.2 Å². The van der Waals surface area contributed by atoms with E-state index < -0.39 is 23.8 Å². The highest BCUT2D eigenvalue weighted by Crippen LogP contribution is 2.30. The highest BCUT2D eigenvalue weighted by atomic mass is 16.4. The first-order valence-corrected chi connectivity index (χ1v) is 4.14. The minimum Gasteiger partial charge on any atom is -0.565 e. The second-order valence-electron chi connectivity index (χ2n) is 3.23. The van der Waals surface area contributed by atoms with Crippen LogP contribution in [0.3, 0.4) is 0 Å². The molecule has 0 saturated heterocycles. The molecule has 4 N–H and O–H groups in total. The molecular formula is C8H14O4+2. The van der Waals surface area contributed by atoms with Gasteiger partial charge in [0.15, 0.2) is 0 Å². The summed E-state index contributed by atoms with van der Waals surface area (Å²) in [6, 6.07) is 0. The molecule has 4 heteroatoms.